The molecule has 4 nitrogen and oxygen atoms in total. The molecule has 1 heterocycles. The predicted octanol–water partition coefficient (Wildman–Crippen LogP) is 5.83. The van der Waals surface area contributed by atoms with Crippen LogP contribution in [-0.2, 0) is 11.2 Å². The highest BCUT2D eigenvalue weighted by molar-refractivity contribution is 8.00. The van der Waals surface area contributed by atoms with E-state index in [0.717, 1.165) is 16.2 Å². The number of benzene rings is 2. The van der Waals surface area contributed by atoms with Crippen LogP contribution in [0.1, 0.15) is 40.2 Å². The van der Waals surface area contributed by atoms with Crippen molar-refractivity contribution in [1.29, 1.82) is 0 Å². The van der Waals surface area contributed by atoms with Gasteiger partial charge in [-0.05, 0) is 49.1 Å². The third-order valence-corrected chi connectivity index (χ3v) is 7.24. The first-order chi connectivity index (χ1) is 14.0. The molecule has 3 aromatic rings. The zero-order chi connectivity index (χ0) is 20.4. The number of nitrogens with one attached hydrogen (secondary N) is 1. The highest BCUT2D eigenvalue weighted by atomic mass is 35.5. The molecule has 1 N–H and O–H groups in total. The van der Waals surface area contributed by atoms with Gasteiger partial charge in [-0.15, -0.1) is 11.8 Å². The second kappa shape index (κ2) is 8.69. The standard InChI is InChI=1S/C22H19ClN2O2S2/c1-13(28-17-9-7-16(23)8-10-17)21(27)25-22-24-18-11-15(12-19(26)20(18)29-22)14-5-3-2-4-6-14/h2-10,13,15H,11-12H2,1H3,(H,24,25,27)/t13-,15+/m0/s1. The number of hydrogen-bond donors (Lipinski definition) is 1. The molecule has 0 aliphatic heterocycles. The van der Waals surface area contributed by atoms with Crippen molar-refractivity contribution in [3.05, 3.63) is 75.8 Å². The van der Waals surface area contributed by atoms with Crippen molar-refractivity contribution in [2.45, 2.75) is 35.8 Å². The molecular formula is C22H19ClN2O2S2. The third-order valence-electron chi connectivity index (χ3n) is 4.82. The maximum Gasteiger partial charge on any atom is 0.239 e. The summed E-state index contributed by atoms with van der Waals surface area (Å²) in [5.74, 6) is 0.103. The first-order valence-corrected chi connectivity index (χ1v) is 11.4. The molecule has 1 amide bonds. The van der Waals surface area contributed by atoms with Gasteiger partial charge < -0.3 is 5.32 Å². The van der Waals surface area contributed by atoms with Gasteiger partial charge in [0, 0.05) is 16.3 Å². The normalized spacial score (nSPS) is 16.9. The summed E-state index contributed by atoms with van der Waals surface area (Å²) in [6.07, 6.45) is 1.20. The minimum atomic E-state index is -0.301. The molecule has 1 aromatic heterocycles. The van der Waals surface area contributed by atoms with Crippen LogP contribution < -0.4 is 5.32 Å². The minimum absolute atomic E-state index is 0.0988. The Balaban J connectivity index is 1.44. The summed E-state index contributed by atoms with van der Waals surface area (Å²) < 4.78 is 0. The number of amides is 1. The first-order valence-electron chi connectivity index (χ1n) is 9.30. The highest BCUT2D eigenvalue weighted by Crippen LogP contribution is 2.37. The lowest BCUT2D eigenvalue weighted by molar-refractivity contribution is -0.115. The summed E-state index contributed by atoms with van der Waals surface area (Å²) in [4.78, 5) is 31.4. The molecule has 0 saturated heterocycles. The Morgan fingerprint density at radius 2 is 1.90 bits per heavy atom. The summed E-state index contributed by atoms with van der Waals surface area (Å²) in [6.45, 7) is 1.85. The van der Waals surface area contributed by atoms with E-state index in [1.807, 2.05) is 49.4 Å². The second-order valence-corrected chi connectivity index (χ2v) is 9.79. The van der Waals surface area contributed by atoms with Crippen LogP contribution in [0.15, 0.2) is 59.5 Å². The van der Waals surface area contributed by atoms with Gasteiger partial charge >= 0.3 is 0 Å². The maximum atomic E-state index is 12.6. The van der Waals surface area contributed by atoms with Crippen molar-refractivity contribution in [2.24, 2.45) is 0 Å². The molecule has 0 radical (unpaired) electrons. The van der Waals surface area contributed by atoms with Gasteiger partial charge in [-0.2, -0.15) is 0 Å². The fourth-order valence-electron chi connectivity index (χ4n) is 3.32. The Bertz CT molecular complexity index is 1030. The average Bonchev–Trinajstić information content (AvgIpc) is 3.13. The smallest absolute Gasteiger partial charge is 0.239 e. The van der Waals surface area contributed by atoms with Crippen LogP contribution in [-0.4, -0.2) is 21.9 Å². The zero-order valence-electron chi connectivity index (χ0n) is 15.7. The number of ketones is 1. The van der Waals surface area contributed by atoms with Crippen LogP contribution in [0.5, 0.6) is 0 Å². The van der Waals surface area contributed by atoms with Crippen molar-refractivity contribution in [3.63, 3.8) is 0 Å². The van der Waals surface area contributed by atoms with E-state index in [1.165, 1.54) is 23.1 Å². The largest absolute Gasteiger partial charge is 0.301 e. The fourth-order valence-corrected chi connectivity index (χ4v) is 5.26. The van der Waals surface area contributed by atoms with Gasteiger partial charge in [0.05, 0.1) is 15.8 Å². The molecule has 0 spiro atoms. The van der Waals surface area contributed by atoms with Gasteiger partial charge in [0.25, 0.3) is 0 Å². The minimum Gasteiger partial charge on any atom is -0.301 e. The van der Waals surface area contributed by atoms with Crippen LogP contribution in [0.4, 0.5) is 5.13 Å². The summed E-state index contributed by atoms with van der Waals surface area (Å²) >= 11 is 8.63. The molecule has 148 valence electrons. The Morgan fingerprint density at radius 3 is 2.62 bits per heavy atom. The number of thiazole rings is 1. The highest BCUT2D eigenvalue weighted by Gasteiger charge is 2.30. The van der Waals surface area contributed by atoms with E-state index >= 15 is 0 Å². The number of thioether (sulfide) groups is 1. The molecule has 2 aromatic carbocycles. The van der Waals surface area contributed by atoms with E-state index < -0.39 is 0 Å². The van der Waals surface area contributed by atoms with E-state index in [-0.39, 0.29) is 22.9 Å². The number of rotatable bonds is 5. The van der Waals surface area contributed by atoms with Crippen molar-refractivity contribution < 1.29 is 9.59 Å². The lowest BCUT2D eigenvalue weighted by atomic mass is 9.85. The molecular weight excluding hydrogens is 424 g/mol. The summed E-state index contributed by atoms with van der Waals surface area (Å²) in [6, 6.07) is 17.4. The SMILES string of the molecule is C[C@H](Sc1ccc(Cl)cc1)C(=O)Nc1nc2c(s1)C(=O)C[C@H](c1ccccc1)C2. The van der Waals surface area contributed by atoms with Gasteiger partial charge in [-0.1, -0.05) is 53.3 Å². The number of carbonyl (C=O) groups excluding carboxylic acids is 2. The Hall–Kier alpha value is -2.15. The number of hydrogen-bond acceptors (Lipinski definition) is 5. The van der Waals surface area contributed by atoms with Crippen LogP contribution >= 0.6 is 34.7 Å². The number of anilines is 1. The van der Waals surface area contributed by atoms with E-state index in [9.17, 15) is 9.59 Å². The van der Waals surface area contributed by atoms with E-state index in [4.69, 9.17) is 11.6 Å². The zero-order valence-corrected chi connectivity index (χ0v) is 18.1. The maximum absolute atomic E-state index is 12.6. The molecule has 0 bridgehead atoms. The molecule has 0 fully saturated rings. The summed E-state index contributed by atoms with van der Waals surface area (Å²) in [5.41, 5.74) is 1.94. The molecule has 0 saturated carbocycles. The predicted molar refractivity (Wildman–Crippen MR) is 119 cm³/mol. The molecule has 29 heavy (non-hydrogen) atoms. The fraction of sp³-hybridized carbons (Fsp3) is 0.227. The molecule has 2 atom stereocenters. The van der Waals surface area contributed by atoms with Crippen LogP contribution in [0.25, 0.3) is 0 Å². The molecule has 4 rings (SSSR count). The van der Waals surface area contributed by atoms with E-state index in [0.29, 0.717) is 27.9 Å². The summed E-state index contributed by atoms with van der Waals surface area (Å²) in [5, 5.41) is 3.73. The lowest BCUT2D eigenvalue weighted by Crippen LogP contribution is -2.22. The number of fused-ring (bicyclic) bond motifs is 1. The Labute approximate surface area is 182 Å². The van der Waals surface area contributed by atoms with E-state index in [1.54, 1.807) is 12.1 Å². The molecule has 7 heteroatoms. The first kappa shape index (κ1) is 20.1. The van der Waals surface area contributed by atoms with Crippen molar-refractivity contribution >= 4 is 51.5 Å². The second-order valence-electron chi connectivity index (χ2n) is 6.94. The Morgan fingerprint density at radius 1 is 1.17 bits per heavy atom. The van der Waals surface area contributed by atoms with Gasteiger partial charge in [-0.25, -0.2) is 4.98 Å². The number of Topliss-reactive ketones (excluding diaryl/α,β-unsaturated/α-hetero) is 1. The van der Waals surface area contributed by atoms with Crippen LogP contribution in [0.3, 0.4) is 0 Å². The molecule has 1 aliphatic rings. The van der Waals surface area contributed by atoms with E-state index in [2.05, 4.69) is 10.3 Å². The van der Waals surface area contributed by atoms with Crippen LogP contribution in [0, 0.1) is 0 Å². The lowest BCUT2D eigenvalue weighted by Gasteiger charge is -2.20. The van der Waals surface area contributed by atoms with Gasteiger partial charge in [-0.3, -0.25) is 9.59 Å². The monoisotopic (exact) mass is 442 g/mol. The number of halogens is 1. The van der Waals surface area contributed by atoms with Gasteiger partial charge in [0.1, 0.15) is 0 Å². The van der Waals surface area contributed by atoms with Crippen molar-refractivity contribution in [1.82, 2.24) is 4.98 Å². The topological polar surface area (TPSA) is 59.1 Å². The number of carbonyl (C=O) groups is 2. The van der Waals surface area contributed by atoms with Crippen LogP contribution in [0.2, 0.25) is 5.02 Å². The van der Waals surface area contributed by atoms with Crippen molar-refractivity contribution in [2.75, 3.05) is 5.32 Å². The number of aromatic nitrogens is 1. The van der Waals surface area contributed by atoms with Gasteiger partial charge in [0.15, 0.2) is 10.9 Å². The molecule has 0 unspecified atom stereocenters. The average molecular weight is 443 g/mol. The summed E-state index contributed by atoms with van der Waals surface area (Å²) in [7, 11) is 0. The van der Waals surface area contributed by atoms with Crippen molar-refractivity contribution in [3.8, 4) is 0 Å². The quantitative estimate of drug-likeness (QED) is 0.505. The number of nitrogens with zero attached hydrogens (tertiary/aromatic N) is 1. The Kier molecular flexibility index (Phi) is 6.04. The van der Waals surface area contributed by atoms with Gasteiger partial charge in [0.2, 0.25) is 5.91 Å². The third kappa shape index (κ3) is 4.71. The molecule has 1 aliphatic carbocycles.